The lowest BCUT2D eigenvalue weighted by Crippen LogP contribution is -2.28. The van der Waals surface area contributed by atoms with E-state index in [1.807, 2.05) is 0 Å². The average Bonchev–Trinajstić information content (AvgIpc) is 2.16. The van der Waals surface area contributed by atoms with E-state index in [4.69, 9.17) is 5.11 Å². The van der Waals surface area contributed by atoms with Crippen molar-refractivity contribution >= 4 is 11.9 Å². The van der Waals surface area contributed by atoms with Crippen molar-refractivity contribution in [2.24, 2.45) is 11.8 Å². The van der Waals surface area contributed by atoms with Crippen molar-refractivity contribution in [2.75, 3.05) is 6.54 Å². The molecule has 0 heterocycles. The minimum atomic E-state index is -1.07. The molecule has 1 aliphatic carbocycles. The summed E-state index contributed by atoms with van der Waals surface area (Å²) in [5.74, 6) is 0.0579. The van der Waals surface area contributed by atoms with E-state index in [2.05, 4.69) is 12.2 Å². The van der Waals surface area contributed by atoms with E-state index < -0.39 is 12.4 Å². The Labute approximate surface area is 96.4 Å². The molecule has 0 aromatic rings. The molecule has 1 rings (SSSR count). The molecule has 0 bridgehead atoms. The molecule has 0 spiro atoms. The van der Waals surface area contributed by atoms with Crippen molar-refractivity contribution in [3.8, 4) is 0 Å². The highest BCUT2D eigenvalue weighted by molar-refractivity contribution is 5.93. The first-order valence-corrected chi connectivity index (χ1v) is 6.06. The number of nitrogens with one attached hydrogen (secondary N) is 1. The maximum atomic E-state index is 11.1. The largest absolute Gasteiger partial charge is 0.481 e. The summed E-state index contributed by atoms with van der Waals surface area (Å²) in [7, 11) is 0. The molecule has 4 heteroatoms. The van der Waals surface area contributed by atoms with Gasteiger partial charge in [0.25, 0.3) is 0 Å². The Morgan fingerprint density at radius 3 is 2.75 bits per heavy atom. The van der Waals surface area contributed by atoms with Crippen molar-refractivity contribution in [1.29, 1.82) is 0 Å². The zero-order valence-electron chi connectivity index (χ0n) is 9.87. The van der Waals surface area contributed by atoms with Crippen molar-refractivity contribution in [3.63, 3.8) is 0 Å². The summed E-state index contributed by atoms with van der Waals surface area (Å²) in [5, 5.41) is 11.1. The Balaban J connectivity index is 2.10. The number of aliphatic carboxylic acids is 1. The Bertz CT molecular complexity index is 253. The van der Waals surface area contributed by atoms with Crippen LogP contribution in [0.5, 0.6) is 0 Å². The van der Waals surface area contributed by atoms with Crippen LogP contribution in [0.25, 0.3) is 0 Å². The van der Waals surface area contributed by atoms with Gasteiger partial charge in [0.15, 0.2) is 0 Å². The van der Waals surface area contributed by atoms with Gasteiger partial charge in [0.05, 0.1) is 0 Å². The fourth-order valence-electron chi connectivity index (χ4n) is 2.44. The van der Waals surface area contributed by atoms with Crippen LogP contribution in [0, 0.1) is 11.8 Å². The van der Waals surface area contributed by atoms with Crippen molar-refractivity contribution in [2.45, 2.75) is 45.4 Å². The van der Waals surface area contributed by atoms with Crippen LogP contribution >= 0.6 is 0 Å². The number of hydrogen-bond donors (Lipinski definition) is 2. The summed E-state index contributed by atoms with van der Waals surface area (Å²) in [6.45, 7) is 2.89. The fraction of sp³-hybridized carbons (Fsp3) is 0.833. The molecule has 1 aliphatic rings. The van der Waals surface area contributed by atoms with E-state index in [9.17, 15) is 9.59 Å². The van der Waals surface area contributed by atoms with Gasteiger partial charge in [-0.2, -0.15) is 0 Å². The van der Waals surface area contributed by atoms with Crippen molar-refractivity contribution in [1.82, 2.24) is 5.32 Å². The van der Waals surface area contributed by atoms with Gasteiger partial charge >= 0.3 is 5.97 Å². The Kier molecular flexibility index (Phi) is 5.29. The standard InChI is InChI=1S/C12H21NO3/c1-9-3-2-4-10(7-9)5-6-13-11(14)8-12(15)16/h9-10H,2-8H2,1H3,(H,13,14)(H,15,16). The summed E-state index contributed by atoms with van der Waals surface area (Å²) in [5.41, 5.74) is 0. The molecule has 2 unspecified atom stereocenters. The molecular formula is C12H21NO3. The molecule has 2 atom stereocenters. The lowest BCUT2D eigenvalue weighted by Gasteiger charge is -2.26. The zero-order valence-corrected chi connectivity index (χ0v) is 9.87. The third-order valence-corrected chi connectivity index (χ3v) is 3.23. The fourth-order valence-corrected chi connectivity index (χ4v) is 2.44. The molecule has 2 N–H and O–H groups in total. The van der Waals surface area contributed by atoms with Crippen molar-refractivity contribution < 1.29 is 14.7 Å². The van der Waals surface area contributed by atoms with Crippen LogP contribution in [0.15, 0.2) is 0 Å². The Morgan fingerprint density at radius 2 is 2.12 bits per heavy atom. The maximum Gasteiger partial charge on any atom is 0.312 e. The number of rotatable bonds is 5. The molecule has 0 aromatic carbocycles. The lowest BCUT2D eigenvalue weighted by molar-refractivity contribution is -0.140. The van der Waals surface area contributed by atoms with E-state index in [1.54, 1.807) is 0 Å². The SMILES string of the molecule is CC1CCCC(CCNC(=O)CC(=O)O)C1. The van der Waals surface area contributed by atoms with Crippen molar-refractivity contribution in [3.05, 3.63) is 0 Å². The average molecular weight is 227 g/mol. The monoisotopic (exact) mass is 227 g/mol. The van der Waals surface area contributed by atoms with Gasteiger partial charge < -0.3 is 10.4 Å². The number of carbonyl (C=O) groups excluding carboxylic acids is 1. The topological polar surface area (TPSA) is 66.4 Å². The molecule has 0 aliphatic heterocycles. The highest BCUT2D eigenvalue weighted by Gasteiger charge is 2.18. The molecule has 1 fully saturated rings. The minimum Gasteiger partial charge on any atom is -0.481 e. The normalized spacial score (nSPS) is 25.1. The highest BCUT2D eigenvalue weighted by atomic mass is 16.4. The van der Waals surface area contributed by atoms with Crippen LogP contribution in [0.2, 0.25) is 0 Å². The summed E-state index contributed by atoms with van der Waals surface area (Å²) < 4.78 is 0. The van der Waals surface area contributed by atoms with Gasteiger partial charge in [-0.3, -0.25) is 9.59 Å². The Hall–Kier alpha value is -1.06. The van der Waals surface area contributed by atoms with Crippen LogP contribution < -0.4 is 5.32 Å². The predicted octanol–water partition coefficient (Wildman–Crippen LogP) is 1.79. The second kappa shape index (κ2) is 6.51. The smallest absolute Gasteiger partial charge is 0.312 e. The van der Waals surface area contributed by atoms with E-state index >= 15 is 0 Å². The van der Waals surface area contributed by atoms with Gasteiger partial charge in [0.1, 0.15) is 6.42 Å². The van der Waals surface area contributed by atoms with Crippen LogP contribution in [-0.4, -0.2) is 23.5 Å². The number of carboxylic acids is 1. The summed E-state index contributed by atoms with van der Waals surface area (Å²) in [4.78, 5) is 21.3. The van der Waals surface area contributed by atoms with Gasteiger partial charge in [0.2, 0.25) is 5.91 Å². The first kappa shape index (κ1) is 13.0. The van der Waals surface area contributed by atoms with Gasteiger partial charge in [-0.15, -0.1) is 0 Å². The van der Waals surface area contributed by atoms with Gasteiger partial charge in [-0.25, -0.2) is 0 Å². The third kappa shape index (κ3) is 5.14. The Morgan fingerprint density at radius 1 is 1.38 bits per heavy atom. The van der Waals surface area contributed by atoms with Gasteiger partial charge in [0, 0.05) is 6.54 Å². The van der Waals surface area contributed by atoms with E-state index in [0.29, 0.717) is 12.5 Å². The van der Waals surface area contributed by atoms with Crippen LogP contribution in [0.1, 0.15) is 45.4 Å². The first-order chi connectivity index (χ1) is 7.58. The van der Waals surface area contributed by atoms with E-state index in [0.717, 1.165) is 12.3 Å². The lowest BCUT2D eigenvalue weighted by atomic mass is 9.81. The minimum absolute atomic E-state index is 0.378. The molecule has 1 amide bonds. The quantitative estimate of drug-likeness (QED) is 0.704. The van der Waals surface area contributed by atoms with Crippen LogP contribution in [0.3, 0.4) is 0 Å². The molecule has 1 saturated carbocycles. The van der Waals surface area contributed by atoms with Gasteiger partial charge in [-0.1, -0.05) is 26.2 Å². The number of carbonyl (C=O) groups is 2. The molecule has 4 nitrogen and oxygen atoms in total. The number of hydrogen-bond acceptors (Lipinski definition) is 2. The summed E-state index contributed by atoms with van der Waals surface area (Å²) in [6.07, 6.45) is 5.67. The van der Waals surface area contributed by atoms with Crippen LogP contribution in [-0.2, 0) is 9.59 Å². The second-order valence-corrected chi connectivity index (χ2v) is 4.85. The summed E-state index contributed by atoms with van der Waals surface area (Å²) >= 11 is 0. The third-order valence-electron chi connectivity index (χ3n) is 3.23. The summed E-state index contributed by atoms with van der Waals surface area (Å²) in [6, 6.07) is 0. The highest BCUT2D eigenvalue weighted by Crippen LogP contribution is 2.30. The predicted molar refractivity (Wildman–Crippen MR) is 61.0 cm³/mol. The molecule has 16 heavy (non-hydrogen) atoms. The van der Waals surface area contributed by atoms with Gasteiger partial charge in [-0.05, 0) is 24.7 Å². The number of amides is 1. The first-order valence-electron chi connectivity index (χ1n) is 6.06. The van der Waals surface area contributed by atoms with Crippen LogP contribution in [0.4, 0.5) is 0 Å². The molecular weight excluding hydrogens is 206 g/mol. The molecule has 0 aromatic heterocycles. The molecule has 0 saturated heterocycles. The number of carboxylic acid groups (broad SMARTS) is 1. The van der Waals surface area contributed by atoms with E-state index in [1.165, 1.54) is 25.7 Å². The second-order valence-electron chi connectivity index (χ2n) is 4.85. The maximum absolute atomic E-state index is 11.1. The molecule has 0 radical (unpaired) electrons. The van der Waals surface area contributed by atoms with E-state index in [-0.39, 0.29) is 5.91 Å². The zero-order chi connectivity index (χ0) is 12.0. The molecule has 92 valence electrons.